The molecular weight excluding hydrogens is 240 g/mol. The van der Waals surface area contributed by atoms with Gasteiger partial charge < -0.3 is 16.4 Å². The van der Waals surface area contributed by atoms with Crippen molar-refractivity contribution in [1.82, 2.24) is 5.32 Å². The van der Waals surface area contributed by atoms with Crippen LogP contribution in [0.1, 0.15) is 25.3 Å². The lowest BCUT2D eigenvalue weighted by Crippen LogP contribution is -2.30. The van der Waals surface area contributed by atoms with Crippen molar-refractivity contribution in [2.24, 2.45) is 0 Å². The van der Waals surface area contributed by atoms with Gasteiger partial charge in [-0.15, -0.1) is 0 Å². The fourth-order valence-corrected chi connectivity index (χ4v) is 1.43. The lowest BCUT2D eigenvalue weighted by molar-refractivity contribution is -0.119. The summed E-state index contributed by atoms with van der Waals surface area (Å²) < 4.78 is 25.5. The highest BCUT2D eigenvalue weighted by molar-refractivity contribution is 5.81. The number of halogens is 2. The number of hydrogen-bond donors (Lipinski definition) is 3. The van der Waals surface area contributed by atoms with E-state index in [0.29, 0.717) is 6.54 Å². The Morgan fingerprint density at radius 3 is 2.78 bits per heavy atom. The maximum atomic E-state index is 12.7. The predicted molar refractivity (Wildman–Crippen MR) is 67.6 cm³/mol. The van der Waals surface area contributed by atoms with Gasteiger partial charge in [-0.05, 0) is 24.6 Å². The largest absolute Gasteiger partial charge is 0.399 e. The van der Waals surface area contributed by atoms with Crippen LogP contribution in [0.4, 0.5) is 20.2 Å². The van der Waals surface area contributed by atoms with Crippen LogP contribution in [0.3, 0.4) is 0 Å². The molecule has 0 spiro atoms. The van der Waals surface area contributed by atoms with Crippen molar-refractivity contribution < 1.29 is 13.6 Å². The molecule has 1 rings (SSSR count). The first-order valence-corrected chi connectivity index (χ1v) is 5.72. The second-order valence-electron chi connectivity index (χ2n) is 3.85. The van der Waals surface area contributed by atoms with E-state index in [1.165, 1.54) is 18.2 Å². The van der Waals surface area contributed by atoms with E-state index >= 15 is 0 Å². The molecule has 0 aromatic heterocycles. The average Bonchev–Trinajstić information content (AvgIpc) is 2.34. The van der Waals surface area contributed by atoms with E-state index in [-0.39, 0.29) is 29.4 Å². The predicted octanol–water partition coefficient (Wildman–Crippen LogP) is 2.14. The van der Waals surface area contributed by atoms with Crippen molar-refractivity contribution in [3.63, 3.8) is 0 Å². The molecule has 0 heterocycles. The molecule has 4 nitrogen and oxygen atoms in total. The molecule has 0 aliphatic heterocycles. The third-order valence-corrected chi connectivity index (χ3v) is 2.32. The molecule has 0 atom stereocenters. The van der Waals surface area contributed by atoms with E-state index < -0.39 is 6.43 Å². The van der Waals surface area contributed by atoms with Gasteiger partial charge in [-0.1, -0.05) is 6.92 Å². The van der Waals surface area contributed by atoms with E-state index in [9.17, 15) is 13.6 Å². The second kappa shape index (κ2) is 6.78. The van der Waals surface area contributed by atoms with Gasteiger partial charge in [-0.3, -0.25) is 4.79 Å². The molecule has 0 radical (unpaired) electrons. The number of nitrogen functional groups attached to an aromatic ring is 1. The summed E-state index contributed by atoms with van der Waals surface area (Å²) in [6, 6.07) is 4.17. The SMILES string of the molecule is CCCNC(=O)CNc1ccc(N)cc1C(F)F. The van der Waals surface area contributed by atoms with Crippen LogP contribution in [0.25, 0.3) is 0 Å². The van der Waals surface area contributed by atoms with E-state index in [4.69, 9.17) is 5.73 Å². The summed E-state index contributed by atoms with van der Waals surface area (Å²) in [7, 11) is 0. The molecule has 1 aromatic carbocycles. The summed E-state index contributed by atoms with van der Waals surface area (Å²) in [5.41, 5.74) is 5.75. The third-order valence-electron chi connectivity index (χ3n) is 2.32. The Morgan fingerprint density at radius 2 is 2.17 bits per heavy atom. The maximum Gasteiger partial charge on any atom is 0.265 e. The molecular formula is C12H17F2N3O. The zero-order chi connectivity index (χ0) is 13.5. The first-order chi connectivity index (χ1) is 8.54. The summed E-state index contributed by atoms with van der Waals surface area (Å²) in [5.74, 6) is -0.228. The highest BCUT2D eigenvalue weighted by Gasteiger charge is 2.13. The lowest BCUT2D eigenvalue weighted by Gasteiger charge is -2.12. The normalized spacial score (nSPS) is 10.4. The lowest BCUT2D eigenvalue weighted by atomic mass is 10.1. The zero-order valence-electron chi connectivity index (χ0n) is 10.2. The monoisotopic (exact) mass is 257 g/mol. The van der Waals surface area contributed by atoms with Gasteiger partial charge in [0.25, 0.3) is 6.43 Å². The molecule has 0 unspecified atom stereocenters. The van der Waals surface area contributed by atoms with Crippen molar-refractivity contribution in [3.05, 3.63) is 23.8 Å². The quantitative estimate of drug-likeness (QED) is 0.684. The van der Waals surface area contributed by atoms with Gasteiger partial charge in [0.15, 0.2) is 0 Å². The number of nitrogens with one attached hydrogen (secondary N) is 2. The van der Waals surface area contributed by atoms with E-state index in [0.717, 1.165) is 6.42 Å². The Hall–Kier alpha value is -1.85. The second-order valence-corrected chi connectivity index (χ2v) is 3.85. The van der Waals surface area contributed by atoms with Crippen LogP contribution in [-0.2, 0) is 4.79 Å². The molecule has 1 aromatic rings. The number of carbonyl (C=O) groups excluding carboxylic acids is 1. The van der Waals surface area contributed by atoms with E-state index in [1.54, 1.807) is 0 Å². The Morgan fingerprint density at radius 1 is 1.44 bits per heavy atom. The van der Waals surface area contributed by atoms with Gasteiger partial charge in [-0.2, -0.15) is 0 Å². The summed E-state index contributed by atoms with van der Waals surface area (Å²) in [6.07, 6.45) is -1.80. The number of anilines is 2. The topological polar surface area (TPSA) is 67.2 Å². The average molecular weight is 257 g/mol. The zero-order valence-corrected chi connectivity index (χ0v) is 10.2. The summed E-state index contributed by atoms with van der Waals surface area (Å²) in [5, 5.41) is 5.33. The number of rotatable bonds is 6. The van der Waals surface area contributed by atoms with Crippen molar-refractivity contribution >= 4 is 17.3 Å². The number of amides is 1. The number of alkyl halides is 2. The first kappa shape index (κ1) is 14.2. The molecule has 6 heteroatoms. The van der Waals surface area contributed by atoms with Crippen molar-refractivity contribution in [1.29, 1.82) is 0 Å². The van der Waals surface area contributed by atoms with Gasteiger partial charge in [0, 0.05) is 23.5 Å². The van der Waals surface area contributed by atoms with Crippen LogP contribution in [0.5, 0.6) is 0 Å². The van der Waals surface area contributed by atoms with Crippen molar-refractivity contribution in [3.8, 4) is 0 Å². The minimum absolute atomic E-state index is 0.0381. The van der Waals surface area contributed by atoms with Gasteiger partial charge >= 0.3 is 0 Å². The van der Waals surface area contributed by atoms with Crippen LogP contribution >= 0.6 is 0 Å². The van der Waals surface area contributed by atoms with Crippen molar-refractivity contribution in [2.45, 2.75) is 19.8 Å². The molecule has 0 saturated heterocycles. The molecule has 0 saturated carbocycles. The first-order valence-electron chi connectivity index (χ1n) is 5.72. The van der Waals surface area contributed by atoms with Crippen molar-refractivity contribution in [2.75, 3.05) is 24.1 Å². The smallest absolute Gasteiger partial charge is 0.265 e. The number of benzene rings is 1. The molecule has 0 aliphatic carbocycles. The highest BCUT2D eigenvalue weighted by Crippen LogP contribution is 2.28. The standard InChI is InChI=1S/C12H17F2N3O/c1-2-5-16-11(18)7-17-10-4-3-8(15)6-9(10)12(13)14/h3-4,6,12,17H,2,5,7,15H2,1H3,(H,16,18). The Bertz CT molecular complexity index is 410. The number of nitrogens with two attached hydrogens (primary N) is 1. The number of hydrogen-bond acceptors (Lipinski definition) is 3. The molecule has 18 heavy (non-hydrogen) atoms. The Kier molecular flexibility index (Phi) is 5.35. The summed E-state index contributed by atoms with van der Waals surface area (Å²) in [6.45, 7) is 2.47. The molecule has 4 N–H and O–H groups in total. The van der Waals surface area contributed by atoms with Gasteiger partial charge in [-0.25, -0.2) is 8.78 Å². The van der Waals surface area contributed by atoms with E-state index in [1.807, 2.05) is 6.92 Å². The Balaban J connectivity index is 2.64. The highest BCUT2D eigenvalue weighted by atomic mass is 19.3. The fraction of sp³-hybridized carbons (Fsp3) is 0.417. The van der Waals surface area contributed by atoms with Crippen LogP contribution in [0.15, 0.2) is 18.2 Å². The van der Waals surface area contributed by atoms with Crippen LogP contribution in [0, 0.1) is 0 Å². The molecule has 1 amide bonds. The van der Waals surface area contributed by atoms with Gasteiger partial charge in [0.2, 0.25) is 5.91 Å². The Labute approximate surface area is 105 Å². The molecule has 100 valence electrons. The minimum atomic E-state index is -2.63. The molecule has 0 bridgehead atoms. The summed E-state index contributed by atoms with van der Waals surface area (Å²) in [4.78, 5) is 11.3. The van der Waals surface area contributed by atoms with Crippen LogP contribution < -0.4 is 16.4 Å². The minimum Gasteiger partial charge on any atom is -0.399 e. The van der Waals surface area contributed by atoms with Gasteiger partial charge in [0.05, 0.1) is 6.54 Å². The van der Waals surface area contributed by atoms with Crippen LogP contribution in [-0.4, -0.2) is 19.0 Å². The number of carbonyl (C=O) groups is 1. The third kappa shape index (κ3) is 4.20. The summed E-state index contributed by atoms with van der Waals surface area (Å²) >= 11 is 0. The van der Waals surface area contributed by atoms with Crippen LogP contribution in [0.2, 0.25) is 0 Å². The van der Waals surface area contributed by atoms with Gasteiger partial charge in [0.1, 0.15) is 0 Å². The fourth-order valence-electron chi connectivity index (χ4n) is 1.43. The maximum absolute atomic E-state index is 12.7. The molecule has 0 fully saturated rings. The van der Waals surface area contributed by atoms with E-state index in [2.05, 4.69) is 10.6 Å². The molecule has 0 aliphatic rings.